The molecule has 1 N–H and O–H groups in total. The van der Waals surface area contributed by atoms with E-state index in [9.17, 15) is 4.79 Å². The molecule has 3 rings (SSSR count). The van der Waals surface area contributed by atoms with Crippen LogP contribution in [-0.2, 0) is 17.8 Å². The first-order valence-electron chi connectivity index (χ1n) is 8.89. The fraction of sp³-hybridized carbons (Fsp3) is 0.333. The second-order valence-corrected chi connectivity index (χ2v) is 6.49. The third-order valence-corrected chi connectivity index (χ3v) is 4.58. The molecule has 0 saturated heterocycles. The Kier molecular flexibility index (Phi) is 5.88. The number of fused-ring (bicyclic) bond motifs is 1. The smallest absolute Gasteiger partial charge is 0.260 e. The largest absolute Gasteiger partial charge is 0.481 e. The first-order chi connectivity index (χ1) is 12.7. The van der Waals surface area contributed by atoms with Crippen LogP contribution in [0.3, 0.4) is 0 Å². The van der Waals surface area contributed by atoms with Gasteiger partial charge in [-0.2, -0.15) is 5.26 Å². The molecule has 1 aliphatic rings. The molecule has 26 heavy (non-hydrogen) atoms. The number of nitrogens with zero attached hydrogens (tertiary/aromatic N) is 2. The summed E-state index contributed by atoms with van der Waals surface area (Å²) in [5, 5.41) is 11.8. The third-order valence-electron chi connectivity index (χ3n) is 4.58. The van der Waals surface area contributed by atoms with E-state index in [4.69, 9.17) is 10.00 Å². The molecule has 1 amide bonds. The minimum Gasteiger partial charge on any atom is -0.481 e. The molecule has 1 atom stereocenters. The van der Waals surface area contributed by atoms with Crippen LogP contribution in [0.2, 0.25) is 0 Å². The summed E-state index contributed by atoms with van der Waals surface area (Å²) in [4.78, 5) is 14.6. The van der Waals surface area contributed by atoms with Crippen molar-refractivity contribution in [2.45, 2.75) is 26.0 Å². The van der Waals surface area contributed by atoms with Gasteiger partial charge in [-0.3, -0.25) is 9.69 Å². The van der Waals surface area contributed by atoms with Crippen molar-refractivity contribution in [2.75, 3.05) is 19.6 Å². The van der Waals surface area contributed by atoms with Crippen molar-refractivity contribution in [1.29, 1.82) is 5.26 Å². The first kappa shape index (κ1) is 18.0. The van der Waals surface area contributed by atoms with Gasteiger partial charge in [-0.1, -0.05) is 30.3 Å². The van der Waals surface area contributed by atoms with Crippen molar-refractivity contribution in [3.05, 3.63) is 65.2 Å². The summed E-state index contributed by atoms with van der Waals surface area (Å²) in [6.07, 6.45) is 0.449. The second-order valence-electron chi connectivity index (χ2n) is 6.49. The molecule has 0 radical (unpaired) electrons. The van der Waals surface area contributed by atoms with Gasteiger partial charge in [0, 0.05) is 26.2 Å². The summed E-state index contributed by atoms with van der Waals surface area (Å²) in [5.41, 5.74) is 3.31. The molecule has 134 valence electrons. The van der Waals surface area contributed by atoms with Gasteiger partial charge in [0.15, 0.2) is 6.10 Å². The molecule has 0 spiro atoms. The molecule has 0 aliphatic carbocycles. The highest BCUT2D eigenvalue weighted by molar-refractivity contribution is 5.80. The molecule has 5 nitrogen and oxygen atoms in total. The summed E-state index contributed by atoms with van der Waals surface area (Å²) in [6.45, 7) is 5.06. The van der Waals surface area contributed by atoms with Crippen molar-refractivity contribution < 1.29 is 9.53 Å². The van der Waals surface area contributed by atoms with Gasteiger partial charge in [-0.05, 0) is 42.7 Å². The maximum Gasteiger partial charge on any atom is 0.260 e. The minimum atomic E-state index is -0.606. The summed E-state index contributed by atoms with van der Waals surface area (Å²) in [5.74, 6) is 0.379. The standard InChI is InChI=1S/C21H23N3O2/c1-16(26-20-8-4-5-17(13-20)14-22)21(25)23-10-12-24-11-9-18-6-2-3-7-19(18)15-24/h2-8,13,16H,9-12,15H2,1H3,(H,23,25). The molecule has 2 aromatic rings. The molecule has 2 aromatic carbocycles. The lowest BCUT2D eigenvalue weighted by molar-refractivity contribution is -0.127. The van der Waals surface area contributed by atoms with E-state index in [2.05, 4.69) is 40.6 Å². The second kappa shape index (κ2) is 8.50. The molecule has 0 saturated carbocycles. The summed E-state index contributed by atoms with van der Waals surface area (Å²) in [7, 11) is 0. The third kappa shape index (κ3) is 4.62. The number of hydrogen-bond donors (Lipinski definition) is 1. The van der Waals surface area contributed by atoms with Gasteiger partial charge in [-0.25, -0.2) is 0 Å². The van der Waals surface area contributed by atoms with E-state index in [1.165, 1.54) is 11.1 Å². The van der Waals surface area contributed by atoms with Crippen molar-refractivity contribution in [2.24, 2.45) is 0 Å². The number of amides is 1. The maximum absolute atomic E-state index is 12.2. The number of nitriles is 1. The molecule has 1 unspecified atom stereocenters. The first-order valence-corrected chi connectivity index (χ1v) is 8.89. The Bertz CT molecular complexity index is 813. The van der Waals surface area contributed by atoms with Crippen molar-refractivity contribution >= 4 is 5.91 Å². The number of hydrogen-bond acceptors (Lipinski definition) is 4. The Morgan fingerprint density at radius 3 is 2.88 bits per heavy atom. The zero-order valence-electron chi connectivity index (χ0n) is 14.9. The van der Waals surface area contributed by atoms with E-state index >= 15 is 0 Å². The molecule has 1 aliphatic heterocycles. The molecule has 0 bridgehead atoms. The summed E-state index contributed by atoms with van der Waals surface area (Å²) in [6, 6.07) is 17.4. The van der Waals surface area contributed by atoms with Gasteiger partial charge in [-0.15, -0.1) is 0 Å². The van der Waals surface area contributed by atoms with Gasteiger partial charge in [0.2, 0.25) is 0 Å². The number of ether oxygens (including phenoxy) is 1. The topological polar surface area (TPSA) is 65.4 Å². The number of benzene rings is 2. The van der Waals surface area contributed by atoms with Crippen LogP contribution in [0.4, 0.5) is 0 Å². The number of rotatable bonds is 6. The van der Waals surface area contributed by atoms with Gasteiger partial charge in [0.1, 0.15) is 5.75 Å². The number of carbonyl (C=O) groups excluding carboxylic acids is 1. The minimum absolute atomic E-state index is 0.148. The van der Waals surface area contributed by atoms with E-state index in [1.807, 2.05) is 0 Å². The molecular formula is C21H23N3O2. The molecule has 0 fully saturated rings. The predicted octanol–water partition coefficient (Wildman–Crippen LogP) is 2.50. The van der Waals surface area contributed by atoms with Gasteiger partial charge < -0.3 is 10.1 Å². The van der Waals surface area contributed by atoms with Gasteiger partial charge >= 0.3 is 0 Å². The van der Waals surface area contributed by atoms with Crippen molar-refractivity contribution in [3.8, 4) is 11.8 Å². The fourth-order valence-corrected chi connectivity index (χ4v) is 3.12. The molecule has 5 heteroatoms. The zero-order valence-corrected chi connectivity index (χ0v) is 14.9. The lowest BCUT2D eigenvalue weighted by atomic mass is 10.00. The lowest BCUT2D eigenvalue weighted by Crippen LogP contribution is -2.42. The zero-order chi connectivity index (χ0) is 18.4. The van der Waals surface area contributed by atoms with Crippen LogP contribution >= 0.6 is 0 Å². The maximum atomic E-state index is 12.2. The highest BCUT2D eigenvalue weighted by atomic mass is 16.5. The molecule has 1 heterocycles. The SMILES string of the molecule is CC(Oc1cccc(C#N)c1)C(=O)NCCN1CCc2ccccc2C1. The van der Waals surface area contributed by atoms with Crippen LogP contribution in [0.5, 0.6) is 5.75 Å². The Hall–Kier alpha value is -2.84. The van der Waals surface area contributed by atoms with Crippen molar-refractivity contribution in [1.82, 2.24) is 10.2 Å². The Labute approximate surface area is 154 Å². The molecular weight excluding hydrogens is 326 g/mol. The van der Waals surface area contributed by atoms with E-state index in [-0.39, 0.29) is 5.91 Å². The van der Waals surface area contributed by atoms with E-state index in [0.29, 0.717) is 17.9 Å². The highest BCUT2D eigenvalue weighted by Gasteiger charge is 2.17. The van der Waals surface area contributed by atoms with E-state index in [0.717, 1.165) is 26.1 Å². The summed E-state index contributed by atoms with van der Waals surface area (Å²) < 4.78 is 5.63. The normalized spacial score (nSPS) is 14.8. The summed E-state index contributed by atoms with van der Waals surface area (Å²) >= 11 is 0. The van der Waals surface area contributed by atoms with Crippen LogP contribution < -0.4 is 10.1 Å². The van der Waals surface area contributed by atoms with Crippen molar-refractivity contribution in [3.63, 3.8) is 0 Å². The van der Waals surface area contributed by atoms with Gasteiger partial charge in [0.05, 0.1) is 11.6 Å². The predicted molar refractivity (Wildman–Crippen MR) is 99.7 cm³/mol. The van der Waals surface area contributed by atoms with Crippen LogP contribution in [0, 0.1) is 11.3 Å². The van der Waals surface area contributed by atoms with Crippen LogP contribution in [-0.4, -0.2) is 36.5 Å². The van der Waals surface area contributed by atoms with E-state index < -0.39 is 6.10 Å². The fourth-order valence-electron chi connectivity index (χ4n) is 3.12. The van der Waals surface area contributed by atoms with Crippen LogP contribution in [0.15, 0.2) is 48.5 Å². The molecule has 0 aromatic heterocycles. The average molecular weight is 349 g/mol. The Balaban J connectivity index is 1.43. The quantitative estimate of drug-likeness (QED) is 0.870. The Morgan fingerprint density at radius 1 is 1.27 bits per heavy atom. The van der Waals surface area contributed by atoms with E-state index in [1.54, 1.807) is 31.2 Å². The monoisotopic (exact) mass is 349 g/mol. The lowest BCUT2D eigenvalue weighted by Gasteiger charge is -2.28. The van der Waals surface area contributed by atoms with Crippen LogP contribution in [0.1, 0.15) is 23.6 Å². The Morgan fingerprint density at radius 2 is 2.08 bits per heavy atom. The number of carbonyl (C=O) groups is 1. The number of nitrogens with one attached hydrogen (secondary N) is 1. The van der Waals surface area contributed by atoms with Gasteiger partial charge in [0.25, 0.3) is 5.91 Å². The highest BCUT2D eigenvalue weighted by Crippen LogP contribution is 2.18. The van der Waals surface area contributed by atoms with Crippen LogP contribution in [0.25, 0.3) is 0 Å². The average Bonchev–Trinajstić information content (AvgIpc) is 2.68.